The Kier molecular flexibility index (Phi) is 4.48. The molecule has 34 heavy (non-hydrogen) atoms. The minimum absolute atomic E-state index is 0.650. The minimum atomic E-state index is -1.49. The molecule has 0 saturated carbocycles. The molecule has 0 unspecified atom stereocenters. The smallest absolute Gasteiger partial charge is 0.224 e. The Morgan fingerprint density at radius 1 is 0.882 bits per heavy atom. The number of benzene rings is 3. The summed E-state index contributed by atoms with van der Waals surface area (Å²) in [4.78, 5) is 0. The monoisotopic (exact) mass is 463 g/mol. The molecule has 0 saturated heterocycles. The number of rotatable bonds is 3. The summed E-state index contributed by atoms with van der Waals surface area (Å²) in [6.45, 7) is 16.6. The lowest BCUT2D eigenvalue weighted by molar-refractivity contribution is -0.643. The van der Waals surface area contributed by atoms with Gasteiger partial charge in [0.15, 0.2) is 6.20 Å². The second-order valence-electron chi connectivity index (χ2n) is 11.9. The van der Waals surface area contributed by atoms with Crippen molar-refractivity contribution in [3.63, 3.8) is 0 Å². The van der Waals surface area contributed by atoms with Crippen LogP contribution < -0.4 is 9.75 Å². The predicted molar refractivity (Wildman–Crippen MR) is 151 cm³/mol. The van der Waals surface area contributed by atoms with Gasteiger partial charge in [-0.1, -0.05) is 50.8 Å². The first-order valence-corrected chi connectivity index (χ1v) is 16.1. The van der Waals surface area contributed by atoms with E-state index in [-0.39, 0.29) is 0 Å². The highest BCUT2D eigenvalue weighted by molar-refractivity contribution is 6.89. The third kappa shape index (κ3) is 2.89. The van der Waals surface area contributed by atoms with Gasteiger partial charge in [-0.2, -0.15) is 0 Å². The minimum Gasteiger partial charge on any atom is -0.307 e. The van der Waals surface area contributed by atoms with E-state index >= 15 is 0 Å². The van der Waals surface area contributed by atoms with Gasteiger partial charge in [-0.25, -0.2) is 4.57 Å². The fraction of sp³-hybridized carbons (Fsp3) is 0.323. The van der Waals surface area contributed by atoms with E-state index in [0.29, 0.717) is 5.92 Å². The predicted octanol–water partition coefficient (Wildman–Crippen LogP) is 7.17. The molecule has 172 valence electrons. The molecule has 0 N–H and O–H groups in total. The van der Waals surface area contributed by atoms with Crippen LogP contribution in [-0.2, 0) is 13.5 Å². The van der Waals surface area contributed by atoms with Gasteiger partial charge in [-0.3, -0.25) is 0 Å². The van der Waals surface area contributed by atoms with Crippen LogP contribution in [0.5, 0.6) is 0 Å². The van der Waals surface area contributed by atoms with Crippen molar-refractivity contribution in [2.45, 2.75) is 53.8 Å². The molecule has 6 rings (SSSR count). The van der Waals surface area contributed by atoms with Gasteiger partial charge in [0.05, 0.1) is 35.4 Å². The zero-order valence-corrected chi connectivity index (χ0v) is 22.8. The number of hydrogen-bond acceptors (Lipinski definition) is 0. The molecule has 0 aliphatic rings. The number of nitrogens with zero attached hydrogens (tertiary/aromatic N) is 2. The standard InChI is InChI=1S/C31H35N2Si/c1-18(2)13-21-9-10-26-24(15-21)25-14-19(3)20(4)28-30(25)33(26)27-17-23(34(6,7)8)16-22-11-12-32(5)31(28)29(22)27/h9-12,14-18H,13H2,1-8H3/q+1. The molecule has 0 spiro atoms. The van der Waals surface area contributed by atoms with Crippen LogP contribution in [-0.4, -0.2) is 12.5 Å². The van der Waals surface area contributed by atoms with Crippen molar-refractivity contribution in [1.29, 1.82) is 0 Å². The van der Waals surface area contributed by atoms with Crippen LogP contribution in [0.25, 0.3) is 49.0 Å². The van der Waals surface area contributed by atoms with Crippen LogP contribution in [0.4, 0.5) is 0 Å². The third-order valence-corrected chi connectivity index (χ3v) is 9.86. The van der Waals surface area contributed by atoms with Gasteiger partial charge in [0, 0.05) is 16.8 Å². The Balaban J connectivity index is 1.96. The SMILES string of the molecule is Cc1cc2c3cc(CC(C)C)ccc3n3c4cc([Si](C)(C)C)cc5cc[n+](C)c(c(c1C)c23)c54. The van der Waals surface area contributed by atoms with E-state index in [2.05, 4.69) is 112 Å². The molecule has 3 heteroatoms. The average molecular weight is 464 g/mol. The van der Waals surface area contributed by atoms with Gasteiger partial charge in [0.2, 0.25) is 5.52 Å². The van der Waals surface area contributed by atoms with Crippen molar-refractivity contribution in [2.24, 2.45) is 13.0 Å². The summed E-state index contributed by atoms with van der Waals surface area (Å²) in [6, 6.07) is 16.9. The molecule has 0 amide bonds. The van der Waals surface area contributed by atoms with Crippen LogP contribution in [0.15, 0.2) is 48.7 Å². The molecule has 0 atom stereocenters. The molecular formula is C31H35N2Si+. The summed E-state index contributed by atoms with van der Waals surface area (Å²) in [7, 11) is 0.712. The lowest BCUT2D eigenvalue weighted by Crippen LogP contribution is -2.38. The Labute approximate surface area is 203 Å². The number of pyridine rings is 2. The summed E-state index contributed by atoms with van der Waals surface area (Å²) >= 11 is 0. The zero-order valence-electron chi connectivity index (χ0n) is 21.8. The fourth-order valence-corrected chi connectivity index (χ4v) is 7.14. The zero-order chi connectivity index (χ0) is 24.1. The van der Waals surface area contributed by atoms with Crippen molar-refractivity contribution in [1.82, 2.24) is 4.40 Å². The Hall–Kier alpha value is -2.91. The first kappa shape index (κ1) is 21.6. The van der Waals surface area contributed by atoms with Gasteiger partial charge in [0.25, 0.3) is 0 Å². The molecule has 0 aliphatic heterocycles. The molecule has 0 fully saturated rings. The average Bonchev–Trinajstić information content (AvgIpc) is 3.07. The second-order valence-corrected chi connectivity index (χ2v) is 16.9. The lowest BCUT2D eigenvalue weighted by Gasteiger charge is -2.20. The summed E-state index contributed by atoms with van der Waals surface area (Å²) in [5, 5.41) is 8.45. The van der Waals surface area contributed by atoms with E-state index < -0.39 is 8.07 Å². The first-order valence-electron chi connectivity index (χ1n) is 12.6. The van der Waals surface area contributed by atoms with E-state index in [1.54, 1.807) is 0 Å². The molecule has 0 radical (unpaired) electrons. The van der Waals surface area contributed by atoms with Gasteiger partial charge in [-0.15, -0.1) is 0 Å². The van der Waals surface area contributed by atoms with Crippen molar-refractivity contribution in [3.05, 3.63) is 65.4 Å². The molecule has 3 aromatic carbocycles. The number of aromatic nitrogens is 2. The van der Waals surface area contributed by atoms with E-state index in [4.69, 9.17) is 0 Å². The van der Waals surface area contributed by atoms with Gasteiger partial charge in [0.1, 0.15) is 7.05 Å². The van der Waals surface area contributed by atoms with Crippen LogP contribution >= 0.6 is 0 Å². The van der Waals surface area contributed by atoms with Gasteiger partial charge >= 0.3 is 0 Å². The molecule has 2 nitrogen and oxygen atoms in total. The van der Waals surface area contributed by atoms with Gasteiger partial charge < -0.3 is 4.40 Å². The summed E-state index contributed by atoms with van der Waals surface area (Å²) in [5.74, 6) is 0.650. The Bertz CT molecular complexity index is 1760. The molecule has 6 aromatic rings. The Morgan fingerprint density at radius 3 is 2.35 bits per heavy atom. The summed E-state index contributed by atoms with van der Waals surface area (Å²) in [6.07, 6.45) is 3.37. The largest absolute Gasteiger partial charge is 0.307 e. The second kappa shape index (κ2) is 7.05. The first-order chi connectivity index (χ1) is 16.1. The van der Waals surface area contributed by atoms with Crippen molar-refractivity contribution in [3.8, 4) is 0 Å². The Morgan fingerprint density at radius 2 is 1.65 bits per heavy atom. The van der Waals surface area contributed by atoms with Crippen LogP contribution in [0.2, 0.25) is 19.6 Å². The molecule has 3 aromatic heterocycles. The fourth-order valence-electron chi connectivity index (χ4n) is 5.98. The highest BCUT2D eigenvalue weighted by Gasteiger charge is 2.27. The molecule has 0 bridgehead atoms. The third-order valence-electron chi connectivity index (χ3n) is 7.84. The normalized spacial score (nSPS) is 13.1. The lowest BCUT2D eigenvalue weighted by atomic mass is 9.96. The maximum atomic E-state index is 2.59. The van der Waals surface area contributed by atoms with Gasteiger partial charge in [-0.05, 0) is 72.5 Å². The van der Waals surface area contributed by atoms with E-state index in [9.17, 15) is 0 Å². The molecule has 0 aliphatic carbocycles. The molecule has 3 heterocycles. The van der Waals surface area contributed by atoms with Crippen molar-refractivity contribution >= 4 is 62.3 Å². The highest BCUT2D eigenvalue weighted by atomic mass is 28.3. The van der Waals surface area contributed by atoms with Crippen LogP contribution in [0.1, 0.15) is 30.5 Å². The van der Waals surface area contributed by atoms with E-state index in [1.807, 2.05) is 0 Å². The molecular weight excluding hydrogens is 428 g/mol. The maximum Gasteiger partial charge on any atom is 0.224 e. The van der Waals surface area contributed by atoms with Crippen LogP contribution in [0.3, 0.4) is 0 Å². The van der Waals surface area contributed by atoms with E-state index in [0.717, 1.165) is 6.42 Å². The topological polar surface area (TPSA) is 8.29 Å². The van der Waals surface area contributed by atoms with E-state index in [1.165, 1.54) is 70.9 Å². The number of hydrogen-bond donors (Lipinski definition) is 0. The number of aryl methyl sites for hydroxylation is 3. The summed E-state index contributed by atoms with van der Waals surface area (Å²) in [5.41, 5.74) is 9.62. The van der Waals surface area contributed by atoms with Crippen molar-refractivity contribution in [2.75, 3.05) is 0 Å². The maximum absolute atomic E-state index is 2.59. The highest BCUT2D eigenvalue weighted by Crippen LogP contribution is 2.41. The number of fused-ring (bicyclic) bond motifs is 5. The van der Waals surface area contributed by atoms with Crippen LogP contribution in [0, 0.1) is 19.8 Å². The summed E-state index contributed by atoms with van der Waals surface area (Å²) < 4.78 is 4.93. The quantitative estimate of drug-likeness (QED) is 0.114. The van der Waals surface area contributed by atoms with Crippen molar-refractivity contribution < 1.29 is 4.57 Å².